The van der Waals surface area contributed by atoms with E-state index in [2.05, 4.69) is 16.9 Å². The van der Waals surface area contributed by atoms with E-state index < -0.39 is 0 Å². The van der Waals surface area contributed by atoms with E-state index in [1.165, 1.54) is 6.33 Å². The van der Waals surface area contributed by atoms with Crippen molar-refractivity contribution in [1.82, 2.24) is 9.97 Å². The summed E-state index contributed by atoms with van der Waals surface area (Å²) in [6.45, 7) is 4.32. The Morgan fingerprint density at radius 2 is 2.22 bits per heavy atom. The molecule has 6 heteroatoms. The van der Waals surface area contributed by atoms with Crippen LogP contribution in [0.4, 0.5) is 5.69 Å². The molecule has 100 valence electrons. The fourth-order valence-corrected chi connectivity index (χ4v) is 2.79. The van der Waals surface area contributed by atoms with Gasteiger partial charge in [-0.05, 0) is 19.3 Å². The molecule has 2 N–H and O–H groups in total. The molecule has 0 radical (unpaired) electrons. The predicted molar refractivity (Wildman–Crippen MR) is 71.9 cm³/mol. The molecule has 2 rings (SSSR count). The number of nitrogen functional groups attached to an aromatic ring is 1. The van der Waals surface area contributed by atoms with E-state index >= 15 is 0 Å². The van der Waals surface area contributed by atoms with Crippen LogP contribution in [0.15, 0.2) is 11.4 Å². The van der Waals surface area contributed by atoms with Gasteiger partial charge in [-0.2, -0.15) is 4.98 Å². The fourth-order valence-electron chi connectivity index (χ4n) is 1.72. The second kappa shape index (κ2) is 6.80. The quantitative estimate of drug-likeness (QED) is 0.826. The molecule has 0 amide bonds. The third kappa shape index (κ3) is 3.49. The molecule has 0 unspecified atom stereocenters. The second-order valence-electron chi connectivity index (χ2n) is 4.18. The van der Waals surface area contributed by atoms with Gasteiger partial charge in [0, 0.05) is 18.5 Å². The summed E-state index contributed by atoms with van der Waals surface area (Å²) in [6, 6.07) is 0. The van der Waals surface area contributed by atoms with Crippen molar-refractivity contribution >= 4 is 17.4 Å². The Hall–Kier alpha value is -1.01. The topological polar surface area (TPSA) is 70.3 Å². The van der Waals surface area contributed by atoms with Crippen LogP contribution < -0.4 is 10.5 Å². The minimum atomic E-state index is 0.501. The van der Waals surface area contributed by atoms with Crippen LogP contribution in [-0.2, 0) is 4.74 Å². The zero-order valence-corrected chi connectivity index (χ0v) is 11.4. The maximum absolute atomic E-state index is 6.04. The lowest BCUT2D eigenvalue weighted by Gasteiger charge is -2.21. The molecule has 1 fully saturated rings. The first kappa shape index (κ1) is 13.4. The first-order chi connectivity index (χ1) is 8.81. The molecule has 1 aliphatic rings. The number of nitrogens with two attached hydrogens (primary N) is 1. The Morgan fingerprint density at radius 1 is 1.44 bits per heavy atom. The molecule has 1 aliphatic heterocycles. The highest BCUT2D eigenvalue weighted by atomic mass is 32.2. The lowest BCUT2D eigenvalue weighted by Crippen LogP contribution is -2.17. The van der Waals surface area contributed by atoms with Gasteiger partial charge in [-0.1, -0.05) is 6.92 Å². The van der Waals surface area contributed by atoms with Crippen molar-refractivity contribution in [2.45, 2.75) is 36.5 Å². The maximum Gasteiger partial charge on any atom is 0.241 e. The van der Waals surface area contributed by atoms with Gasteiger partial charge in [-0.3, -0.25) is 0 Å². The molecule has 1 aromatic heterocycles. The normalized spacial score (nSPS) is 16.7. The van der Waals surface area contributed by atoms with Gasteiger partial charge in [-0.15, -0.1) is 11.8 Å². The first-order valence-electron chi connectivity index (χ1n) is 6.29. The minimum Gasteiger partial charge on any atom is -0.476 e. The molecular weight excluding hydrogens is 250 g/mol. The van der Waals surface area contributed by atoms with E-state index in [1.54, 1.807) is 11.8 Å². The Morgan fingerprint density at radius 3 is 2.94 bits per heavy atom. The SMILES string of the molecule is CCCOc1ncnc(SC2CCOCC2)c1N. The van der Waals surface area contributed by atoms with E-state index in [0.717, 1.165) is 37.5 Å². The Kier molecular flexibility index (Phi) is 5.07. The van der Waals surface area contributed by atoms with E-state index in [4.69, 9.17) is 15.2 Å². The van der Waals surface area contributed by atoms with Gasteiger partial charge in [-0.25, -0.2) is 4.98 Å². The van der Waals surface area contributed by atoms with Gasteiger partial charge in [0.25, 0.3) is 0 Å². The lowest BCUT2D eigenvalue weighted by atomic mass is 10.2. The molecule has 0 aliphatic carbocycles. The number of anilines is 1. The Balaban J connectivity index is 2.02. The van der Waals surface area contributed by atoms with Gasteiger partial charge in [0.05, 0.1) is 6.61 Å². The zero-order valence-electron chi connectivity index (χ0n) is 10.6. The molecule has 1 aromatic rings. The molecular formula is C12H19N3O2S. The maximum atomic E-state index is 6.04. The van der Waals surface area contributed by atoms with Crippen LogP contribution in [0, 0.1) is 0 Å². The first-order valence-corrected chi connectivity index (χ1v) is 7.17. The summed E-state index contributed by atoms with van der Waals surface area (Å²) in [5, 5.41) is 1.35. The standard InChI is InChI=1S/C12H19N3O2S/c1-2-5-17-11-10(13)12(15-8-14-11)18-9-3-6-16-7-4-9/h8-9H,2-7,13H2,1H3. The van der Waals surface area contributed by atoms with Crippen molar-refractivity contribution in [3.05, 3.63) is 6.33 Å². The van der Waals surface area contributed by atoms with Crippen LogP contribution in [0.1, 0.15) is 26.2 Å². The summed E-state index contributed by atoms with van der Waals surface area (Å²) >= 11 is 1.70. The van der Waals surface area contributed by atoms with Crippen LogP contribution in [0.25, 0.3) is 0 Å². The Labute approximate surface area is 111 Å². The predicted octanol–water partition coefficient (Wildman–Crippen LogP) is 2.12. The number of rotatable bonds is 5. The highest BCUT2D eigenvalue weighted by Gasteiger charge is 2.18. The largest absolute Gasteiger partial charge is 0.476 e. The van der Waals surface area contributed by atoms with Crippen LogP contribution in [0.5, 0.6) is 5.88 Å². The van der Waals surface area contributed by atoms with Crippen LogP contribution >= 0.6 is 11.8 Å². The molecule has 2 heterocycles. The molecule has 0 aromatic carbocycles. The third-order valence-electron chi connectivity index (χ3n) is 2.70. The molecule has 0 bridgehead atoms. The average Bonchev–Trinajstić information content (AvgIpc) is 2.41. The molecule has 0 spiro atoms. The number of thioether (sulfide) groups is 1. The van der Waals surface area contributed by atoms with Gasteiger partial charge >= 0.3 is 0 Å². The smallest absolute Gasteiger partial charge is 0.241 e. The number of hydrogen-bond donors (Lipinski definition) is 1. The van der Waals surface area contributed by atoms with Crippen molar-refractivity contribution < 1.29 is 9.47 Å². The Bertz CT molecular complexity index is 384. The summed E-state index contributed by atoms with van der Waals surface area (Å²) in [6.07, 6.45) is 4.54. The van der Waals surface area contributed by atoms with Crippen molar-refractivity contribution in [3.63, 3.8) is 0 Å². The molecule has 1 saturated heterocycles. The summed E-state index contributed by atoms with van der Waals surface area (Å²) in [4.78, 5) is 8.32. The van der Waals surface area contributed by atoms with Crippen molar-refractivity contribution in [2.75, 3.05) is 25.6 Å². The summed E-state index contributed by atoms with van der Waals surface area (Å²) in [5.74, 6) is 0.501. The monoisotopic (exact) mass is 269 g/mol. The van der Waals surface area contributed by atoms with E-state index in [9.17, 15) is 0 Å². The second-order valence-corrected chi connectivity index (χ2v) is 5.46. The van der Waals surface area contributed by atoms with Gasteiger partial charge in [0.15, 0.2) is 0 Å². The van der Waals surface area contributed by atoms with E-state index in [-0.39, 0.29) is 0 Å². The van der Waals surface area contributed by atoms with Crippen molar-refractivity contribution in [1.29, 1.82) is 0 Å². The summed E-state index contributed by atoms with van der Waals surface area (Å²) in [7, 11) is 0. The molecule has 18 heavy (non-hydrogen) atoms. The number of ether oxygens (including phenoxy) is 2. The van der Waals surface area contributed by atoms with Crippen molar-refractivity contribution in [3.8, 4) is 5.88 Å². The summed E-state index contributed by atoms with van der Waals surface area (Å²) < 4.78 is 10.8. The van der Waals surface area contributed by atoms with E-state index in [1.807, 2.05) is 0 Å². The third-order valence-corrected chi connectivity index (χ3v) is 4.05. The van der Waals surface area contributed by atoms with Crippen LogP contribution in [0.3, 0.4) is 0 Å². The fraction of sp³-hybridized carbons (Fsp3) is 0.667. The van der Waals surface area contributed by atoms with Gasteiger partial charge in [0.2, 0.25) is 5.88 Å². The summed E-state index contributed by atoms with van der Waals surface area (Å²) in [5.41, 5.74) is 6.60. The van der Waals surface area contributed by atoms with E-state index in [0.29, 0.717) is 23.4 Å². The highest BCUT2D eigenvalue weighted by molar-refractivity contribution is 8.00. The zero-order chi connectivity index (χ0) is 12.8. The number of nitrogens with zero attached hydrogens (tertiary/aromatic N) is 2. The molecule has 0 atom stereocenters. The van der Waals surface area contributed by atoms with Crippen molar-refractivity contribution in [2.24, 2.45) is 0 Å². The van der Waals surface area contributed by atoms with Crippen LogP contribution in [-0.4, -0.2) is 35.0 Å². The minimum absolute atomic E-state index is 0.501. The lowest BCUT2D eigenvalue weighted by molar-refractivity contribution is 0.1000. The highest BCUT2D eigenvalue weighted by Crippen LogP contribution is 2.34. The average molecular weight is 269 g/mol. The molecule has 0 saturated carbocycles. The number of aromatic nitrogens is 2. The van der Waals surface area contributed by atoms with Gasteiger partial charge < -0.3 is 15.2 Å². The van der Waals surface area contributed by atoms with Crippen LogP contribution in [0.2, 0.25) is 0 Å². The number of hydrogen-bond acceptors (Lipinski definition) is 6. The van der Waals surface area contributed by atoms with Gasteiger partial charge in [0.1, 0.15) is 17.0 Å². The molecule has 5 nitrogen and oxygen atoms in total.